The first-order chi connectivity index (χ1) is 8.11. The van der Waals surface area contributed by atoms with Crippen LogP contribution in [0.2, 0.25) is 0 Å². The Kier molecular flexibility index (Phi) is 2.71. The van der Waals surface area contributed by atoms with Gasteiger partial charge in [-0.05, 0) is 25.1 Å². The van der Waals surface area contributed by atoms with Crippen molar-refractivity contribution in [2.45, 2.75) is 6.92 Å². The van der Waals surface area contributed by atoms with Gasteiger partial charge in [-0.3, -0.25) is 0 Å². The van der Waals surface area contributed by atoms with Crippen molar-refractivity contribution in [1.29, 1.82) is 5.26 Å². The highest BCUT2D eigenvalue weighted by molar-refractivity contribution is 5.67. The molecule has 0 atom stereocenters. The molecule has 17 heavy (non-hydrogen) atoms. The zero-order valence-electron chi connectivity index (χ0n) is 9.11. The van der Waals surface area contributed by atoms with Gasteiger partial charge in [-0.1, -0.05) is 0 Å². The van der Waals surface area contributed by atoms with Crippen molar-refractivity contribution in [3.8, 4) is 17.3 Å². The van der Waals surface area contributed by atoms with E-state index in [1.165, 1.54) is 24.4 Å². The number of nitrogens with two attached hydrogens (primary N) is 1. The molecule has 0 bridgehead atoms. The fraction of sp³-hybridized carbons (Fsp3) is 0.0833. The lowest BCUT2D eigenvalue weighted by Crippen LogP contribution is -1.99. The molecule has 1 heterocycles. The Labute approximate surface area is 97.6 Å². The van der Waals surface area contributed by atoms with E-state index in [0.717, 1.165) is 0 Å². The van der Waals surface area contributed by atoms with Crippen LogP contribution in [-0.2, 0) is 0 Å². The smallest absolute Gasteiger partial charge is 0.144 e. The number of benzene rings is 1. The van der Waals surface area contributed by atoms with Crippen molar-refractivity contribution in [3.05, 3.63) is 41.5 Å². The fourth-order valence-corrected chi connectivity index (χ4v) is 1.45. The van der Waals surface area contributed by atoms with E-state index in [4.69, 9.17) is 11.0 Å². The quantitative estimate of drug-likeness (QED) is 0.810. The summed E-state index contributed by atoms with van der Waals surface area (Å²) in [7, 11) is 0. The molecule has 1 aromatic carbocycles. The van der Waals surface area contributed by atoms with Gasteiger partial charge in [0.1, 0.15) is 11.6 Å². The molecule has 0 radical (unpaired) electrons. The van der Waals surface area contributed by atoms with Gasteiger partial charge in [-0.2, -0.15) is 5.26 Å². The summed E-state index contributed by atoms with van der Waals surface area (Å²) in [6.07, 6.45) is 1.43. The predicted octanol–water partition coefficient (Wildman–Crippen LogP) is 2.04. The molecule has 4 nitrogen and oxygen atoms in total. The minimum atomic E-state index is -0.421. The topological polar surface area (TPSA) is 75.6 Å². The summed E-state index contributed by atoms with van der Waals surface area (Å²) in [6.45, 7) is 1.71. The third-order valence-electron chi connectivity index (χ3n) is 2.36. The van der Waals surface area contributed by atoms with Crippen LogP contribution in [0.1, 0.15) is 11.3 Å². The largest absolute Gasteiger partial charge is 0.382 e. The van der Waals surface area contributed by atoms with Crippen LogP contribution in [0.25, 0.3) is 11.3 Å². The van der Waals surface area contributed by atoms with E-state index in [-0.39, 0.29) is 0 Å². The highest BCUT2D eigenvalue weighted by atomic mass is 19.1. The van der Waals surface area contributed by atoms with E-state index >= 15 is 0 Å². The van der Waals surface area contributed by atoms with Crippen molar-refractivity contribution in [3.63, 3.8) is 0 Å². The number of hydrogen-bond acceptors (Lipinski definition) is 4. The van der Waals surface area contributed by atoms with Gasteiger partial charge in [0.05, 0.1) is 29.2 Å². The zero-order valence-corrected chi connectivity index (χ0v) is 9.11. The Hall–Kier alpha value is -2.48. The third-order valence-corrected chi connectivity index (χ3v) is 2.36. The maximum Gasteiger partial charge on any atom is 0.144 e. The highest BCUT2D eigenvalue weighted by Gasteiger charge is 2.09. The molecule has 0 amide bonds. The Morgan fingerprint density at radius 1 is 1.41 bits per heavy atom. The van der Waals surface area contributed by atoms with Crippen molar-refractivity contribution in [2.24, 2.45) is 0 Å². The van der Waals surface area contributed by atoms with Crippen molar-refractivity contribution < 1.29 is 4.39 Å². The molecule has 2 N–H and O–H groups in total. The van der Waals surface area contributed by atoms with Gasteiger partial charge in [-0.25, -0.2) is 14.4 Å². The highest BCUT2D eigenvalue weighted by Crippen LogP contribution is 2.23. The van der Waals surface area contributed by atoms with Gasteiger partial charge < -0.3 is 5.73 Å². The number of anilines is 1. The standard InChI is InChI=1S/C12H9FN4/c1-7-12(15)16-6-11(17-7)10-4-9(13)3-2-8(10)5-14/h2-4,6H,1H3,(H2,15,16). The van der Waals surface area contributed by atoms with E-state index in [9.17, 15) is 4.39 Å². The second-order valence-corrected chi connectivity index (χ2v) is 3.53. The Morgan fingerprint density at radius 2 is 2.18 bits per heavy atom. The van der Waals surface area contributed by atoms with Crippen LogP contribution in [-0.4, -0.2) is 9.97 Å². The molecule has 0 aliphatic heterocycles. The lowest BCUT2D eigenvalue weighted by Gasteiger charge is -2.05. The molecule has 5 heteroatoms. The molecule has 2 rings (SSSR count). The van der Waals surface area contributed by atoms with Crippen LogP contribution in [0.5, 0.6) is 0 Å². The number of rotatable bonds is 1. The van der Waals surface area contributed by atoms with Crippen LogP contribution in [0.3, 0.4) is 0 Å². The predicted molar refractivity (Wildman–Crippen MR) is 61.3 cm³/mol. The van der Waals surface area contributed by atoms with Gasteiger partial charge >= 0.3 is 0 Å². The second kappa shape index (κ2) is 4.18. The number of hydrogen-bond donors (Lipinski definition) is 1. The minimum Gasteiger partial charge on any atom is -0.382 e. The van der Waals surface area contributed by atoms with Crippen LogP contribution in [0, 0.1) is 24.1 Å². The molecular formula is C12H9FN4. The Morgan fingerprint density at radius 3 is 2.82 bits per heavy atom. The molecule has 0 spiro atoms. The van der Waals surface area contributed by atoms with Crippen LogP contribution in [0.4, 0.5) is 10.2 Å². The van der Waals surface area contributed by atoms with E-state index in [1.54, 1.807) is 6.92 Å². The molecule has 0 saturated heterocycles. The normalized spacial score (nSPS) is 9.94. The monoisotopic (exact) mass is 228 g/mol. The number of nitrogen functional groups attached to an aromatic ring is 1. The van der Waals surface area contributed by atoms with E-state index in [0.29, 0.717) is 28.3 Å². The first-order valence-electron chi connectivity index (χ1n) is 4.91. The second-order valence-electron chi connectivity index (χ2n) is 3.53. The number of aryl methyl sites for hydroxylation is 1. The van der Waals surface area contributed by atoms with Crippen molar-refractivity contribution >= 4 is 5.82 Å². The average Bonchev–Trinajstić information content (AvgIpc) is 2.32. The maximum absolute atomic E-state index is 13.2. The van der Waals surface area contributed by atoms with Crippen LogP contribution >= 0.6 is 0 Å². The maximum atomic E-state index is 13.2. The molecular weight excluding hydrogens is 219 g/mol. The van der Waals surface area contributed by atoms with E-state index in [1.807, 2.05) is 6.07 Å². The summed E-state index contributed by atoms with van der Waals surface area (Å²) in [5, 5.41) is 8.95. The van der Waals surface area contributed by atoms with Gasteiger partial charge in [0.25, 0.3) is 0 Å². The van der Waals surface area contributed by atoms with Gasteiger partial charge in [0, 0.05) is 5.56 Å². The van der Waals surface area contributed by atoms with Gasteiger partial charge in [0.15, 0.2) is 0 Å². The Balaban J connectivity index is 2.63. The molecule has 0 aliphatic carbocycles. The zero-order chi connectivity index (χ0) is 12.4. The summed E-state index contributed by atoms with van der Waals surface area (Å²) in [5.41, 5.74) is 7.32. The molecule has 0 unspecified atom stereocenters. The van der Waals surface area contributed by atoms with Gasteiger partial charge in [-0.15, -0.1) is 0 Å². The number of nitriles is 1. The minimum absolute atomic E-state index is 0.323. The number of halogens is 1. The molecule has 0 fully saturated rings. The Bertz CT molecular complexity index is 616. The lowest BCUT2D eigenvalue weighted by molar-refractivity contribution is 0.628. The molecule has 0 aliphatic rings. The first-order valence-corrected chi connectivity index (χ1v) is 4.91. The summed E-state index contributed by atoms with van der Waals surface area (Å²) in [5.74, 6) is -0.0982. The molecule has 1 aromatic heterocycles. The molecule has 0 saturated carbocycles. The van der Waals surface area contributed by atoms with Gasteiger partial charge in [0.2, 0.25) is 0 Å². The SMILES string of the molecule is Cc1nc(-c2cc(F)ccc2C#N)cnc1N. The summed E-state index contributed by atoms with van der Waals surface area (Å²) < 4.78 is 13.2. The third kappa shape index (κ3) is 2.06. The fourth-order valence-electron chi connectivity index (χ4n) is 1.45. The van der Waals surface area contributed by atoms with E-state index in [2.05, 4.69) is 9.97 Å². The lowest BCUT2D eigenvalue weighted by atomic mass is 10.1. The number of nitrogens with zero attached hydrogens (tertiary/aromatic N) is 3. The van der Waals surface area contributed by atoms with E-state index < -0.39 is 5.82 Å². The van der Waals surface area contributed by atoms with Crippen molar-refractivity contribution in [2.75, 3.05) is 5.73 Å². The summed E-state index contributed by atoms with van der Waals surface area (Å²) in [4.78, 5) is 8.13. The number of aromatic nitrogens is 2. The first kappa shape index (κ1) is 11.0. The van der Waals surface area contributed by atoms with Crippen LogP contribution < -0.4 is 5.73 Å². The van der Waals surface area contributed by atoms with Crippen LogP contribution in [0.15, 0.2) is 24.4 Å². The molecule has 2 aromatic rings. The van der Waals surface area contributed by atoms with Crippen molar-refractivity contribution in [1.82, 2.24) is 9.97 Å². The average molecular weight is 228 g/mol. The summed E-state index contributed by atoms with van der Waals surface area (Å²) in [6, 6.07) is 5.90. The molecule has 84 valence electrons. The summed E-state index contributed by atoms with van der Waals surface area (Å²) >= 11 is 0.